The molecule has 0 N–H and O–H groups in total. The Morgan fingerprint density at radius 1 is 1.10 bits per heavy atom. The number of benzene rings is 2. The molecule has 1 unspecified atom stereocenters. The van der Waals surface area contributed by atoms with Gasteiger partial charge in [-0.3, -0.25) is 9.69 Å². The Hall–Kier alpha value is -2.42. The normalized spacial score (nSPS) is 16.1. The Bertz CT molecular complexity index is 968. The van der Waals surface area contributed by atoms with Crippen LogP contribution in [-0.4, -0.2) is 47.5 Å². The lowest BCUT2D eigenvalue weighted by molar-refractivity contribution is -0.147. The molecule has 0 spiro atoms. The third-order valence-corrected chi connectivity index (χ3v) is 5.81. The zero-order chi connectivity index (χ0) is 22.6. The minimum Gasteiger partial charge on any atom is -0.456 e. The SMILES string of the molecule is CC(C)(C)OC(=O)N1CCCC1C(=O)OCC(=O)c1ccc(I)c(-c2ccccc2)c1. The highest BCUT2D eigenvalue weighted by Gasteiger charge is 2.37. The Morgan fingerprint density at radius 3 is 2.48 bits per heavy atom. The number of hydrogen-bond donors (Lipinski definition) is 0. The molecule has 1 fully saturated rings. The van der Waals surface area contributed by atoms with Crippen LogP contribution in [-0.2, 0) is 14.3 Å². The summed E-state index contributed by atoms with van der Waals surface area (Å²) in [5.41, 5.74) is 1.79. The van der Waals surface area contributed by atoms with E-state index in [4.69, 9.17) is 9.47 Å². The molecule has 0 saturated carbocycles. The van der Waals surface area contributed by atoms with Crippen molar-refractivity contribution < 1.29 is 23.9 Å². The van der Waals surface area contributed by atoms with Crippen LogP contribution in [0, 0.1) is 3.57 Å². The van der Waals surface area contributed by atoms with E-state index in [-0.39, 0.29) is 12.4 Å². The quantitative estimate of drug-likeness (QED) is 0.303. The van der Waals surface area contributed by atoms with E-state index in [1.165, 1.54) is 4.90 Å². The Balaban J connectivity index is 1.64. The number of carbonyl (C=O) groups excluding carboxylic acids is 3. The van der Waals surface area contributed by atoms with Crippen LogP contribution in [0.1, 0.15) is 44.0 Å². The van der Waals surface area contributed by atoms with Gasteiger partial charge in [-0.2, -0.15) is 0 Å². The van der Waals surface area contributed by atoms with Crippen molar-refractivity contribution in [1.82, 2.24) is 4.90 Å². The predicted octanol–water partition coefficient (Wildman–Crippen LogP) is 5.08. The maximum absolute atomic E-state index is 12.7. The first-order valence-corrected chi connectivity index (χ1v) is 11.3. The van der Waals surface area contributed by atoms with E-state index < -0.39 is 23.7 Å². The summed E-state index contributed by atoms with van der Waals surface area (Å²) in [5.74, 6) is -0.866. The molecular weight excluding hydrogens is 509 g/mol. The average Bonchev–Trinajstić information content (AvgIpc) is 3.22. The minimum absolute atomic E-state index is 0.288. The molecule has 164 valence electrons. The van der Waals surface area contributed by atoms with Crippen molar-refractivity contribution in [2.24, 2.45) is 0 Å². The van der Waals surface area contributed by atoms with Crippen LogP contribution in [0.25, 0.3) is 11.1 Å². The number of esters is 1. The van der Waals surface area contributed by atoms with Gasteiger partial charge in [0.25, 0.3) is 0 Å². The average molecular weight is 535 g/mol. The summed E-state index contributed by atoms with van der Waals surface area (Å²) in [7, 11) is 0. The smallest absolute Gasteiger partial charge is 0.411 e. The molecule has 6 nitrogen and oxygen atoms in total. The standard InChI is InChI=1S/C24H26INO5/c1-24(2,3)31-23(29)26-13-7-10-20(26)22(28)30-15-21(27)17-11-12-19(25)18(14-17)16-8-5-4-6-9-16/h4-6,8-9,11-12,14,20H,7,10,13,15H2,1-3H3. The van der Waals surface area contributed by atoms with Crippen LogP contribution in [0.15, 0.2) is 48.5 Å². The molecule has 0 radical (unpaired) electrons. The number of rotatable bonds is 5. The largest absolute Gasteiger partial charge is 0.456 e. The first-order valence-electron chi connectivity index (χ1n) is 10.2. The van der Waals surface area contributed by atoms with Gasteiger partial charge >= 0.3 is 12.1 Å². The lowest BCUT2D eigenvalue weighted by Gasteiger charge is -2.27. The number of Topliss-reactive ketones (excluding diaryl/α,β-unsaturated/α-hetero) is 1. The first kappa shape index (κ1) is 23.2. The summed E-state index contributed by atoms with van der Waals surface area (Å²) in [5, 5.41) is 0. The van der Waals surface area contributed by atoms with Crippen molar-refractivity contribution in [2.75, 3.05) is 13.2 Å². The zero-order valence-corrected chi connectivity index (χ0v) is 20.0. The van der Waals surface area contributed by atoms with E-state index in [9.17, 15) is 14.4 Å². The molecule has 3 rings (SSSR count). The van der Waals surface area contributed by atoms with Gasteiger partial charge in [0.2, 0.25) is 0 Å². The molecule has 1 saturated heterocycles. The van der Waals surface area contributed by atoms with Gasteiger partial charge in [0.15, 0.2) is 12.4 Å². The molecule has 0 bridgehead atoms. The maximum Gasteiger partial charge on any atom is 0.411 e. The fourth-order valence-corrected chi connectivity index (χ4v) is 4.05. The zero-order valence-electron chi connectivity index (χ0n) is 17.9. The van der Waals surface area contributed by atoms with Gasteiger partial charge in [-0.15, -0.1) is 0 Å². The van der Waals surface area contributed by atoms with Crippen LogP contribution < -0.4 is 0 Å². The van der Waals surface area contributed by atoms with Crippen LogP contribution in [0.4, 0.5) is 4.79 Å². The van der Waals surface area contributed by atoms with Crippen LogP contribution in [0.2, 0.25) is 0 Å². The van der Waals surface area contributed by atoms with E-state index in [2.05, 4.69) is 22.6 Å². The van der Waals surface area contributed by atoms with Crippen molar-refractivity contribution in [2.45, 2.75) is 45.3 Å². The molecule has 1 atom stereocenters. The number of ketones is 1. The van der Waals surface area contributed by atoms with Crippen LogP contribution in [0.5, 0.6) is 0 Å². The fourth-order valence-electron chi connectivity index (χ4n) is 3.40. The van der Waals surface area contributed by atoms with Crippen LogP contribution >= 0.6 is 22.6 Å². The number of nitrogens with zero attached hydrogens (tertiary/aromatic N) is 1. The lowest BCUT2D eigenvalue weighted by Crippen LogP contribution is -2.44. The molecule has 1 aliphatic rings. The highest BCUT2D eigenvalue weighted by atomic mass is 127. The Labute approximate surface area is 196 Å². The van der Waals surface area contributed by atoms with E-state index >= 15 is 0 Å². The third-order valence-electron chi connectivity index (χ3n) is 4.87. The molecule has 0 aliphatic carbocycles. The summed E-state index contributed by atoms with van der Waals surface area (Å²) in [4.78, 5) is 39.0. The second-order valence-electron chi connectivity index (χ2n) is 8.42. The van der Waals surface area contributed by atoms with Gasteiger partial charge in [-0.05, 0) is 79.5 Å². The lowest BCUT2D eigenvalue weighted by atomic mass is 10.0. The maximum atomic E-state index is 12.7. The van der Waals surface area contributed by atoms with Gasteiger partial charge in [0.05, 0.1) is 0 Å². The number of amides is 1. The number of halogens is 1. The van der Waals surface area contributed by atoms with E-state index in [1.54, 1.807) is 26.8 Å². The number of hydrogen-bond acceptors (Lipinski definition) is 5. The number of ether oxygens (including phenoxy) is 2. The summed E-state index contributed by atoms with van der Waals surface area (Å²) in [6.07, 6.45) is 0.641. The van der Waals surface area contributed by atoms with E-state index in [0.717, 1.165) is 14.7 Å². The second-order valence-corrected chi connectivity index (χ2v) is 9.59. The van der Waals surface area contributed by atoms with Gasteiger partial charge < -0.3 is 9.47 Å². The van der Waals surface area contributed by atoms with Crippen molar-refractivity contribution >= 4 is 40.4 Å². The predicted molar refractivity (Wildman–Crippen MR) is 126 cm³/mol. The van der Waals surface area contributed by atoms with Crippen molar-refractivity contribution in [3.8, 4) is 11.1 Å². The highest BCUT2D eigenvalue weighted by Crippen LogP contribution is 2.27. The number of carbonyl (C=O) groups is 3. The molecule has 2 aromatic rings. The van der Waals surface area contributed by atoms with Gasteiger partial charge in [0.1, 0.15) is 11.6 Å². The molecule has 31 heavy (non-hydrogen) atoms. The summed E-state index contributed by atoms with van der Waals surface area (Å²) >= 11 is 2.23. The minimum atomic E-state index is -0.723. The first-order chi connectivity index (χ1) is 14.7. The van der Waals surface area contributed by atoms with Gasteiger partial charge in [-0.1, -0.05) is 36.4 Å². The van der Waals surface area contributed by atoms with Gasteiger partial charge in [0, 0.05) is 15.7 Å². The van der Waals surface area contributed by atoms with Crippen molar-refractivity contribution in [3.05, 3.63) is 57.7 Å². The molecule has 1 aliphatic heterocycles. The topological polar surface area (TPSA) is 72.9 Å². The van der Waals surface area contributed by atoms with E-state index in [0.29, 0.717) is 24.9 Å². The molecule has 2 aromatic carbocycles. The Morgan fingerprint density at radius 2 is 1.81 bits per heavy atom. The molecule has 1 amide bonds. The van der Waals surface area contributed by atoms with E-state index in [1.807, 2.05) is 42.5 Å². The molecule has 1 heterocycles. The number of likely N-dealkylation sites (tertiary alicyclic amines) is 1. The molecular formula is C24H26INO5. The van der Waals surface area contributed by atoms with Gasteiger partial charge in [-0.25, -0.2) is 9.59 Å². The summed E-state index contributed by atoms with van der Waals surface area (Å²) in [6, 6.07) is 14.5. The Kier molecular flexibility index (Phi) is 7.35. The molecule has 0 aromatic heterocycles. The summed E-state index contributed by atoms with van der Waals surface area (Å²) < 4.78 is 11.7. The fraction of sp³-hybridized carbons (Fsp3) is 0.375. The monoisotopic (exact) mass is 535 g/mol. The second kappa shape index (κ2) is 9.80. The summed E-state index contributed by atoms with van der Waals surface area (Å²) in [6.45, 7) is 5.39. The van der Waals surface area contributed by atoms with Crippen molar-refractivity contribution in [1.29, 1.82) is 0 Å². The third kappa shape index (κ3) is 6.06. The van der Waals surface area contributed by atoms with Crippen LogP contribution in [0.3, 0.4) is 0 Å². The van der Waals surface area contributed by atoms with Crippen molar-refractivity contribution in [3.63, 3.8) is 0 Å². The highest BCUT2D eigenvalue weighted by molar-refractivity contribution is 14.1. The molecule has 7 heteroatoms.